The smallest absolute Gasteiger partial charge is 0.0374 e. The zero-order valence-corrected chi connectivity index (χ0v) is 13.6. The monoisotopic (exact) mass is 284 g/mol. The Bertz CT molecular complexity index is 435. The van der Waals surface area contributed by atoms with Gasteiger partial charge < -0.3 is 4.90 Å². The number of benzene rings is 1. The van der Waals surface area contributed by atoms with E-state index in [4.69, 9.17) is 0 Å². The Labute approximate surface area is 130 Å². The van der Waals surface area contributed by atoms with Crippen LogP contribution >= 0.6 is 0 Å². The molecular weight excluding hydrogens is 254 g/mol. The highest BCUT2D eigenvalue weighted by molar-refractivity contribution is 5.53. The Kier molecular flexibility index (Phi) is 4.87. The minimum atomic E-state index is 0.775. The van der Waals surface area contributed by atoms with Crippen molar-refractivity contribution < 1.29 is 0 Å². The van der Waals surface area contributed by atoms with Crippen molar-refractivity contribution in [2.24, 2.45) is 0 Å². The first-order chi connectivity index (χ1) is 10.3. The van der Waals surface area contributed by atoms with E-state index < -0.39 is 0 Å². The van der Waals surface area contributed by atoms with Gasteiger partial charge in [-0.15, -0.1) is 0 Å². The van der Waals surface area contributed by atoms with Gasteiger partial charge in [-0.25, -0.2) is 0 Å². The molecule has 0 unspecified atom stereocenters. The van der Waals surface area contributed by atoms with Gasteiger partial charge in [0.05, 0.1) is 0 Å². The van der Waals surface area contributed by atoms with Gasteiger partial charge in [-0.1, -0.05) is 44.6 Å². The van der Waals surface area contributed by atoms with Gasteiger partial charge in [0, 0.05) is 17.8 Å². The average Bonchev–Trinajstić information content (AvgIpc) is 2.53. The number of anilines is 1. The predicted octanol–water partition coefficient (Wildman–Crippen LogP) is 5.65. The van der Waals surface area contributed by atoms with E-state index in [1.165, 1.54) is 81.0 Å². The predicted molar refractivity (Wildman–Crippen MR) is 91.9 cm³/mol. The number of aryl methyl sites for hydroxylation is 1. The summed E-state index contributed by atoms with van der Waals surface area (Å²) in [5.41, 5.74) is 3.97. The van der Waals surface area contributed by atoms with Gasteiger partial charge in [0.25, 0.3) is 0 Å². The van der Waals surface area contributed by atoms with Crippen molar-refractivity contribution >= 4 is 5.69 Å². The zero-order valence-electron chi connectivity index (χ0n) is 13.6. The van der Waals surface area contributed by atoms with Crippen LogP contribution in [0.4, 0.5) is 5.69 Å². The van der Waals surface area contributed by atoms with E-state index in [1.807, 2.05) is 0 Å². The maximum Gasteiger partial charge on any atom is 0.0374 e. The van der Waals surface area contributed by atoms with Crippen molar-refractivity contribution in [1.29, 1.82) is 0 Å². The molecule has 0 bridgehead atoms. The van der Waals surface area contributed by atoms with E-state index in [1.54, 1.807) is 0 Å². The maximum atomic E-state index is 4.13. The molecule has 0 amide bonds. The van der Waals surface area contributed by atoms with Crippen LogP contribution in [0, 0.1) is 13.8 Å². The van der Waals surface area contributed by atoms with Gasteiger partial charge in [-0.3, -0.25) is 0 Å². The summed E-state index contributed by atoms with van der Waals surface area (Å²) in [5.74, 6) is 0. The fraction of sp³-hybridized carbons (Fsp3) is 0.650. The van der Waals surface area contributed by atoms with Crippen LogP contribution in [0.5, 0.6) is 0 Å². The second-order valence-electron chi connectivity index (χ2n) is 7.10. The zero-order chi connectivity index (χ0) is 14.7. The molecule has 2 aliphatic carbocycles. The maximum absolute atomic E-state index is 4.13. The van der Waals surface area contributed by atoms with Crippen LogP contribution in [0.3, 0.4) is 0 Å². The molecule has 0 heterocycles. The van der Waals surface area contributed by atoms with Gasteiger partial charge in [0.2, 0.25) is 0 Å². The Morgan fingerprint density at radius 1 is 0.857 bits per heavy atom. The lowest BCUT2D eigenvalue weighted by molar-refractivity contribution is 0.340. The standard InChI is InChI=1S/C20H30N/c1-16-13-14-20(15-17(16)2)21(18-9-5-3-6-10-18)19-11-7-4-8-12-19/h13-15,18-19H,1,3-12H2,2H3. The second-order valence-corrected chi connectivity index (χ2v) is 7.10. The molecule has 1 aromatic rings. The normalized spacial score (nSPS) is 21.4. The van der Waals surface area contributed by atoms with Crippen LogP contribution < -0.4 is 4.90 Å². The van der Waals surface area contributed by atoms with Crippen molar-refractivity contribution in [2.75, 3.05) is 4.90 Å². The molecule has 1 heteroatoms. The lowest BCUT2D eigenvalue weighted by Crippen LogP contribution is -2.45. The van der Waals surface area contributed by atoms with E-state index in [-0.39, 0.29) is 0 Å². The number of hydrogen-bond acceptors (Lipinski definition) is 1. The Hall–Kier alpha value is -0.980. The summed E-state index contributed by atoms with van der Waals surface area (Å²) in [6.45, 7) is 6.33. The Morgan fingerprint density at radius 3 is 1.86 bits per heavy atom. The van der Waals surface area contributed by atoms with Crippen molar-refractivity contribution in [2.45, 2.75) is 83.2 Å². The van der Waals surface area contributed by atoms with Gasteiger partial charge in [0.1, 0.15) is 0 Å². The molecule has 0 atom stereocenters. The van der Waals surface area contributed by atoms with Crippen LogP contribution in [0.1, 0.15) is 75.3 Å². The lowest BCUT2D eigenvalue weighted by atomic mass is 9.88. The first kappa shape index (κ1) is 14.9. The van der Waals surface area contributed by atoms with Crippen LogP contribution in [0.2, 0.25) is 0 Å². The molecule has 0 N–H and O–H groups in total. The summed E-state index contributed by atoms with van der Waals surface area (Å²) in [6.07, 6.45) is 14.1. The Morgan fingerprint density at radius 2 is 1.38 bits per heavy atom. The van der Waals surface area contributed by atoms with Gasteiger partial charge >= 0.3 is 0 Å². The van der Waals surface area contributed by atoms with E-state index in [0.717, 1.165) is 12.1 Å². The SMILES string of the molecule is [CH2]c1ccc(N(C2CCCCC2)C2CCCCC2)cc1C. The van der Waals surface area contributed by atoms with Crippen LogP contribution in [0.25, 0.3) is 0 Å². The third kappa shape index (κ3) is 3.44. The molecule has 1 aromatic carbocycles. The fourth-order valence-corrected chi connectivity index (χ4v) is 4.28. The summed E-state index contributed by atoms with van der Waals surface area (Å²) < 4.78 is 0. The van der Waals surface area contributed by atoms with Gasteiger partial charge in [0.15, 0.2) is 0 Å². The third-order valence-electron chi connectivity index (χ3n) is 5.56. The quantitative estimate of drug-likeness (QED) is 0.693. The second kappa shape index (κ2) is 6.85. The molecule has 1 radical (unpaired) electrons. The molecule has 2 aliphatic rings. The first-order valence-electron chi connectivity index (χ1n) is 8.96. The minimum absolute atomic E-state index is 0.775. The van der Waals surface area contributed by atoms with E-state index in [2.05, 4.69) is 36.9 Å². The molecule has 0 spiro atoms. The molecule has 0 aliphatic heterocycles. The van der Waals surface area contributed by atoms with E-state index in [0.29, 0.717) is 0 Å². The summed E-state index contributed by atoms with van der Waals surface area (Å²) in [6, 6.07) is 8.46. The fourth-order valence-electron chi connectivity index (χ4n) is 4.28. The van der Waals surface area contributed by atoms with Crippen LogP contribution in [-0.2, 0) is 0 Å². The van der Waals surface area contributed by atoms with Gasteiger partial charge in [-0.2, -0.15) is 0 Å². The third-order valence-corrected chi connectivity index (χ3v) is 5.56. The van der Waals surface area contributed by atoms with Crippen LogP contribution in [0.15, 0.2) is 18.2 Å². The summed E-state index contributed by atoms with van der Waals surface area (Å²) >= 11 is 0. The lowest BCUT2D eigenvalue weighted by Gasteiger charge is -2.43. The van der Waals surface area contributed by atoms with Crippen molar-refractivity contribution in [3.05, 3.63) is 36.2 Å². The highest BCUT2D eigenvalue weighted by Gasteiger charge is 2.29. The molecular formula is C20H30N. The summed E-state index contributed by atoms with van der Waals surface area (Å²) in [7, 11) is 0. The molecule has 2 fully saturated rings. The molecule has 3 rings (SSSR count). The molecule has 1 nitrogen and oxygen atoms in total. The molecule has 2 saturated carbocycles. The molecule has 0 aromatic heterocycles. The average molecular weight is 284 g/mol. The summed E-state index contributed by atoms with van der Waals surface area (Å²) in [4.78, 5) is 2.81. The molecule has 21 heavy (non-hydrogen) atoms. The highest BCUT2D eigenvalue weighted by Crippen LogP contribution is 2.34. The highest BCUT2D eigenvalue weighted by atomic mass is 15.2. The van der Waals surface area contributed by atoms with Gasteiger partial charge in [-0.05, 0) is 62.8 Å². The Balaban J connectivity index is 1.87. The number of rotatable bonds is 3. The number of hydrogen-bond donors (Lipinski definition) is 0. The first-order valence-corrected chi connectivity index (χ1v) is 8.96. The molecule has 115 valence electrons. The summed E-state index contributed by atoms with van der Waals surface area (Å²) in [5, 5.41) is 0. The topological polar surface area (TPSA) is 3.24 Å². The van der Waals surface area contributed by atoms with E-state index in [9.17, 15) is 0 Å². The molecule has 0 saturated heterocycles. The largest absolute Gasteiger partial charge is 0.366 e. The minimum Gasteiger partial charge on any atom is -0.366 e. The van der Waals surface area contributed by atoms with Crippen molar-refractivity contribution in [3.63, 3.8) is 0 Å². The van der Waals surface area contributed by atoms with E-state index >= 15 is 0 Å². The van der Waals surface area contributed by atoms with Crippen molar-refractivity contribution in [1.82, 2.24) is 0 Å². The van der Waals surface area contributed by atoms with Crippen molar-refractivity contribution in [3.8, 4) is 0 Å². The number of nitrogens with zero attached hydrogens (tertiary/aromatic N) is 1. The van der Waals surface area contributed by atoms with Crippen LogP contribution in [-0.4, -0.2) is 12.1 Å².